The Morgan fingerprint density at radius 2 is 1.89 bits per heavy atom. The van der Waals surface area contributed by atoms with Crippen molar-refractivity contribution in [3.63, 3.8) is 0 Å². The van der Waals surface area contributed by atoms with Crippen LogP contribution in [0.25, 0.3) is 0 Å². The standard InChI is InChI=1S/C11H19N3O5/c12-8(15)2-1-5-13-10(18)14-11(9(16)17)3-6-19-7-4-11/h1-7H2,(H2,12,15)(H,16,17)(H2,13,14,18). The van der Waals surface area contributed by atoms with E-state index in [1.165, 1.54) is 0 Å². The SMILES string of the molecule is NC(=O)CCCNC(=O)NC1(C(=O)O)CCOCC1. The molecular formula is C11H19N3O5. The van der Waals surface area contributed by atoms with Gasteiger partial charge in [-0.1, -0.05) is 0 Å². The zero-order valence-electron chi connectivity index (χ0n) is 10.6. The summed E-state index contributed by atoms with van der Waals surface area (Å²) in [5.41, 5.74) is 3.69. The summed E-state index contributed by atoms with van der Waals surface area (Å²) in [5.74, 6) is -1.50. The topological polar surface area (TPSA) is 131 Å². The molecule has 0 bridgehead atoms. The summed E-state index contributed by atoms with van der Waals surface area (Å²) in [7, 11) is 0. The van der Waals surface area contributed by atoms with E-state index in [9.17, 15) is 19.5 Å². The van der Waals surface area contributed by atoms with Crippen molar-refractivity contribution < 1.29 is 24.2 Å². The first-order valence-corrected chi connectivity index (χ1v) is 6.12. The Hall–Kier alpha value is -1.83. The Morgan fingerprint density at radius 3 is 2.42 bits per heavy atom. The molecule has 1 aliphatic rings. The van der Waals surface area contributed by atoms with Crippen LogP contribution in [-0.2, 0) is 14.3 Å². The van der Waals surface area contributed by atoms with Crippen molar-refractivity contribution in [1.82, 2.24) is 10.6 Å². The number of nitrogens with one attached hydrogen (secondary N) is 2. The van der Waals surface area contributed by atoms with Gasteiger partial charge in [-0.3, -0.25) is 4.79 Å². The van der Waals surface area contributed by atoms with Gasteiger partial charge in [0.25, 0.3) is 0 Å². The monoisotopic (exact) mass is 273 g/mol. The van der Waals surface area contributed by atoms with Crippen molar-refractivity contribution in [1.29, 1.82) is 0 Å². The highest BCUT2D eigenvalue weighted by atomic mass is 16.5. The van der Waals surface area contributed by atoms with Crippen LogP contribution in [0.5, 0.6) is 0 Å². The van der Waals surface area contributed by atoms with Gasteiger partial charge in [-0.25, -0.2) is 9.59 Å². The number of hydrogen-bond donors (Lipinski definition) is 4. The van der Waals surface area contributed by atoms with Crippen molar-refractivity contribution in [3.8, 4) is 0 Å². The van der Waals surface area contributed by atoms with Crippen LogP contribution < -0.4 is 16.4 Å². The van der Waals surface area contributed by atoms with E-state index in [1.54, 1.807) is 0 Å². The molecule has 0 aromatic rings. The largest absolute Gasteiger partial charge is 0.480 e. The summed E-state index contributed by atoms with van der Waals surface area (Å²) in [4.78, 5) is 33.4. The van der Waals surface area contributed by atoms with E-state index in [1.807, 2.05) is 0 Å². The molecule has 1 heterocycles. The molecule has 0 aliphatic carbocycles. The third-order valence-electron chi connectivity index (χ3n) is 2.99. The minimum Gasteiger partial charge on any atom is -0.480 e. The number of carboxylic acid groups (broad SMARTS) is 1. The number of carbonyl (C=O) groups excluding carboxylic acids is 2. The van der Waals surface area contributed by atoms with E-state index in [2.05, 4.69) is 10.6 Å². The molecule has 0 unspecified atom stereocenters. The van der Waals surface area contributed by atoms with Crippen LogP contribution >= 0.6 is 0 Å². The van der Waals surface area contributed by atoms with Crippen molar-refractivity contribution in [3.05, 3.63) is 0 Å². The molecule has 0 aromatic heterocycles. The highest BCUT2D eigenvalue weighted by molar-refractivity contribution is 5.86. The third kappa shape index (κ3) is 4.74. The summed E-state index contributed by atoms with van der Waals surface area (Å²) in [6.45, 7) is 0.865. The summed E-state index contributed by atoms with van der Waals surface area (Å²) < 4.78 is 5.09. The lowest BCUT2D eigenvalue weighted by Crippen LogP contribution is -2.59. The maximum absolute atomic E-state index is 11.6. The lowest BCUT2D eigenvalue weighted by Gasteiger charge is -2.33. The normalized spacial score (nSPS) is 17.5. The Kier molecular flexibility index (Phi) is 5.56. The molecule has 1 aliphatic heterocycles. The molecule has 8 heteroatoms. The number of nitrogens with two attached hydrogens (primary N) is 1. The first-order valence-electron chi connectivity index (χ1n) is 6.12. The van der Waals surface area contributed by atoms with Crippen LogP contribution in [0.1, 0.15) is 25.7 Å². The van der Waals surface area contributed by atoms with Crippen molar-refractivity contribution in [2.24, 2.45) is 5.73 Å². The van der Waals surface area contributed by atoms with Gasteiger partial charge >= 0.3 is 12.0 Å². The first kappa shape index (κ1) is 15.2. The summed E-state index contributed by atoms with van der Waals surface area (Å²) in [6, 6.07) is -0.561. The molecule has 1 saturated heterocycles. The van der Waals surface area contributed by atoms with Crippen LogP contribution in [0.3, 0.4) is 0 Å². The Bertz CT molecular complexity index is 352. The zero-order valence-corrected chi connectivity index (χ0v) is 10.6. The number of primary amides is 1. The molecule has 1 rings (SSSR count). The predicted molar refractivity (Wildman–Crippen MR) is 65.4 cm³/mol. The molecule has 0 atom stereocenters. The number of rotatable bonds is 6. The maximum Gasteiger partial charge on any atom is 0.329 e. The van der Waals surface area contributed by atoms with Crippen LogP contribution in [0.2, 0.25) is 0 Å². The minimum atomic E-state index is -1.27. The second-order valence-electron chi connectivity index (χ2n) is 4.45. The van der Waals surface area contributed by atoms with Gasteiger partial charge < -0.3 is 26.2 Å². The highest BCUT2D eigenvalue weighted by Crippen LogP contribution is 2.20. The average molecular weight is 273 g/mol. The van der Waals surface area contributed by atoms with Gasteiger partial charge in [0, 0.05) is 39.0 Å². The molecule has 5 N–H and O–H groups in total. The molecule has 8 nitrogen and oxygen atoms in total. The van der Waals surface area contributed by atoms with Gasteiger partial charge in [0.15, 0.2) is 0 Å². The van der Waals surface area contributed by atoms with E-state index in [0.29, 0.717) is 19.6 Å². The number of carbonyl (C=O) groups is 3. The van der Waals surface area contributed by atoms with Crippen LogP contribution in [0, 0.1) is 0 Å². The van der Waals surface area contributed by atoms with Crippen LogP contribution in [-0.4, -0.2) is 48.3 Å². The third-order valence-corrected chi connectivity index (χ3v) is 2.99. The number of urea groups is 1. The van der Waals surface area contributed by atoms with E-state index < -0.39 is 23.4 Å². The lowest BCUT2D eigenvalue weighted by atomic mass is 9.90. The Labute approximate surface area is 110 Å². The fourth-order valence-corrected chi connectivity index (χ4v) is 1.84. The number of amides is 3. The van der Waals surface area contributed by atoms with E-state index in [0.717, 1.165) is 0 Å². The molecule has 0 spiro atoms. The van der Waals surface area contributed by atoms with Crippen molar-refractivity contribution in [2.45, 2.75) is 31.2 Å². The second-order valence-corrected chi connectivity index (χ2v) is 4.45. The number of hydrogen-bond acceptors (Lipinski definition) is 4. The van der Waals surface area contributed by atoms with E-state index in [-0.39, 0.29) is 25.8 Å². The quantitative estimate of drug-likeness (QED) is 0.470. The molecule has 0 saturated carbocycles. The van der Waals surface area contributed by atoms with E-state index in [4.69, 9.17) is 10.5 Å². The minimum absolute atomic E-state index is 0.179. The van der Waals surface area contributed by atoms with E-state index >= 15 is 0 Å². The number of carboxylic acids is 1. The molecule has 0 radical (unpaired) electrons. The van der Waals surface area contributed by atoms with Gasteiger partial charge in [0.2, 0.25) is 5.91 Å². The lowest BCUT2D eigenvalue weighted by molar-refractivity contribution is -0.148. The fraction of sp³-hybridized carbons (Fsp3) is 0.727. The summed E-state index contributed by atoms with van der Waals surface area (Å²) >= 11 is 0. The van der Waals surface area contributed by atoms with Gasteiger partial charge in [-0.15, -0.1) is 0 Å². The first-order chi connectivity index (χ1) is 8.96. The van der Waals surface area contributed by atoms with Crippen molar-refractivity contribution in [2.75, 3.05) is 19.8 Å². The molecule has 1 fully saturated rings. The Balaban J connectivity index is 2.39. The molecule has 3 amide bonds. The number of ether oxygens (including phenoxy) is 1. The molecule has 0 aromatic carbocycles. The molecule has 19 heavy (non-hydrogen) atoms. The van der Waals surface area contributed by atoms with Gasteiger partial charge in [0.1, 0.15) is 5.54 Å². The summed E-state index contributed by atoms with van der Waals surface area (Å²) in [5, 5.41) is 14.2. The van der Waals surface area contributed by atoms with Gasteiger partial charge in [-0.05, 0) is 6.42 Å². The smallest absolute Gasteiger partial charge is 0.329 e. The second kappa shape index (κ2) is 6.93. The summed E-state index contributed by atoms with van der Waals surface area (Å²) in [6.07, 6.45) is 1.07. The molecular weight excluding hydrogens is 254 g/mol. The predicted octanol–water partition coefficient (Wildman–Crippen LogP) is -0.815. The molecule has 108 valence electrons. The van der Waals surface area contributed by atoms with Gasteiger partial charge in [-0.2, -0.15) is 0 Å². The van der Waals surface area contributed by atoms with Gasteiger partial charge in [0.05, 0.1) is 0 Å². The average Bonchev–Trinajstić information content (AvgIpc) is 2.35. The zero-order chi connectivity index (χ0) is 14.3. The van der Waals surface area contributed by atoms with Crippen molar-refractivity contribution >= 4 is 17.9 Å². The Morgan fingerprint density at radius 1 is 1.26 bits per heavy atom. The fourth-order valence-electron chi connectivity index (χ4n) is 1.84. The maximum atomic E-state index is 11.6. The number of aliphatic carboxylic acids is 1. The van der Waals surface area contributed by atoms with Crippen LogP contribution in [0.15, 0.2) is 0 Å². The van der Waals surface area contributed by atoms with Crippen LogP contribution in [0.4, 0.5) is 4.79 Å². The highest BCUT2D eigenvalue weighted by Gasteiger charge is 2.41.